The topological polar surface area (TPSA) is 46.5 Å². The molecule has 0 radical (unpaired) electrons. The van der Waals surface area contributed by atoms with Gasteiger partial charge in [0.25, 0.3) is 0 Å². The van der Waals surface area contributed by atoms with Gasteiger partial charge in [-0.25, -0.2) is 4.39 Å². The molecule has 1 rings (SSSR count). The largest absolute Gasteiger partial charge is 0.466 e. The first-order chi connectivity index (χ1) is 7.54. The molecule has 1 unspecified atom stereocenters. The fourth-order valence-corrected chi connectivity index (χ4v) is 1.50. The van der Waals surface area contributed by atoms with Crippen molar-refractivity contribution in [2.24, 2.45) is 0 Å². The van der Waals surface area contributed by atoms with E-state index in [0.717, 1.165) is 6.07 Å². The van der Waals surface area contributed by atoms with Crippen LogP contribution in [0.4, 0.5) is 4.39 Å². The number of carbonyl (C=O) groups excluding carboxylic acids is 1. The van der Waals surface area contributed by atoms with E-state index in [2.05, 4.69) is 4.74 Å². The summed E-state index contributed by atoms with van der Waals surface area (Å²) in [6, 6.07) is 3.62. The predicted octanol–water partition coefficient (Wildman–Crippen LogP) is 2.47. The first kappa shape index (κ1) is 12.9. The van der Waals surface area contributed by atoms with E-state index in [0.29, 0.717) is 0 Å². The van der Waals surface area contributed by atoms with E-state index >= 15 is 0 Å². The average molecular weight is 247 g/mol. The van der Waals surface area contributed by atoms with Gasteiger partial charge in [0.15, 0.2) is 0 Å². The van der Waals surface area contributed by atoms with Crippen LogP contribution in [0.25, 0.3) is 0 Å². The number of hydrogen-bond acceptors (Lipinski definition) is 3. The summed E-state index contributed by atoms with van der Waals surface area (Å²) in [5, 5.41) is 9.89. The van der Waals surface area contributed by atoms with E-state index in [1.54, 1.807) is 6.92 Å². The molecule has 3 nitrogen and oxygen atoms in total. The van der Waals surface area contributed by atoms with E-state index in [4.69, 9.17) is 11.6 Å². The number of halogens is 2. The first-order valence-corrected chi connectivity index (χ1v) is 5.21. The summed E-state index contributed by atoms with van der Waals surface area (Å²) in [4.78, 5) is 11.1. The Hall–Kier alpha value is -1.13. The molecule has 88 valence electrons. The third-order valence-corrected chi connectivity index (χ3v) is 2.33. The second-order valence-corrected chi connectivity index (χ2v) is 3.60. The van der Waals surface area contributed by atoms with Crippen molar-refractivity contribution < 1.29 is 19.0 Å². The highest BCUT2D eigenvalue weighted by Gasteiger charge is 2.17. The highest BCUT2D eigenvalue weighted by atomic mass is 35.5. The third kappa shape index (κ3) is 3.47. The van der Waals surface area contributed by atoms with E-state index in [1.807, 2.05) is 0 Å². The van der Waals surface area contributed by atoms with Crippen LogP contribution in [0.1, 0.15) is 25.0 Å². The molecule has 0 saturated heterocycles. The van der Waals surface area contributed by atoms with Gasteiger partial charge in [-0.15, -0.1) is 0 Å². The zero-order chi connectivity index (χ0) is 12.1. The first-order valence-electron chi connectivity index (χ1n) is 4.83. The zero-order valence-electron chi connectivity index (χ0n) is 8.74. The number of esters is 1. The molecule has 0 aromatic heterocycles. The summed E-state index contributed by atoms with van der Waals surface area (Å²) in [5.74, 6) is -1.06. The molecule has 0 spiro atoms. The smallest absolute Gasteiger partial charge is 0.308 e. The van der Waals surface area contributed by atoms with Gasteiger partial charge < -0.3 is 9.84 Å². The quantitative estimate of drug-likeness (QED) is 0.831. The summed E-state index contributed by atoms with van der Waals surface area (Å²) in [6.45, 7) is 1.90. The second-order valence-electron chi connectivity index (χ2n) is 3.19. The van der Waals surface area contributed by atoms with Crippen molar-refractivity contribution in [3.8, 4) is 0 Å². The van der Waals surface area contributed by atoms with Gasteiger partial charge in [-0.1, -0.05) is 11.6 Å². The SMILES string of the molecule is CCOC(=O)CC(O)c1cc(F)ccc1Cl. The van der Waals surface area contributed by atoms with Crippen molar-refractivity contribution in [1.82, 2.24) is 0 Å². The maximum Gasteiger partial charge on any atom is 0.308 e. The van der Waals surface area contributed by atoms with Crippen molar-refractivity contribution in [2.75, 3.05) is 6.61 Å². The Bertz CT molecular complexity index is 381. The molecule has 0 bridgehead atoms. The molecule has 0 aliphatic heterocycles. The molecule has 0 aliphatic rings. The van der Waals surface area contributed by atoms with Crippen LogP contribution in [0.2, 0.25) is 5.02 Å². The van der Waals surface area contributed by atoms with Crippen LogP contribution >= 0.6 is 11.6 Å². The van der Waals surface area contributed by atoms with E-state index in [-0.39, 0.29) is 23.6 Å². The number of carbonyl (C=O) groups is 1. The van der Waals surface area contributed by atoms with Crippen LogP contribution in [-0.2, 0) is 9.53 Å². The fraction of sp³-hybridized carbons (Fsp3) is 0.364. The molecule has 0 fully saturated rings. The molecule has 16 heavy (non-hydrogen) atoms. The minimum atomic E-state index is -1.15. The minimum absolute atomic E-state index is 0.190. The lowest BCUT2D eigenvalue weighted by molar-refractivity contribution is -0.145. The number of hydrogen-bond donors (Lipinski definition) is 1. The van der Waals surface area contributed by atoms with Crippen molar-refractivity contribution in [3.05, 3.63) is 34.6 Å². The number of ether oxygens (including phenoxy) is 1. The second kappa shape index (κ2) is 5.82. The minimum Gasteiger partial charge on any atom is -0.466 e. The van der Waals surface area contributed by atoms with Gasteiger partial charge >= 0.3 is 5.97 Å². The van der Waals surface area contributed by atoms with Crippen molar-refractivity contribution >= 4 is 17.6 Å². The Morgan fingerprint density at radius 1 is 1.62 bits per heavy atom. The van der Waals surface area contributed by atoms with Crippen LogP contribution in [0.3, 0.4) is 0 Å². The zero-order valence-corrected chi connectivity index (χ0v) is 9.50. The predicted molar refractivity (Wildman–Crippen MR) is 57.6 cm³/mol. The normalized spacial score (nSPS) is 12.2. The molecule has 1 aromatic carbocycles. The van der Waals surface area contributed by atoms with Gasteiger partial charge in [-0.05, 0) is 25.1 Å². The molecule has 0 aliphatic carbocycles. The molecule has 5 heteroatoms. The fourth-order valence-electron chi connectivity index (χ4n) is 1.26. The van der Waals surface area contributed by atoms with Crippen LogP contribution in [0.5, 0.6) is 0 Å². The van der Waals surface area contributed by atoms with Crippen molar-refractivity contribution in [2.45, 2.75) is 19.4 Å². The maximum atomic E-state index is 12.9. The van der Waals surface area contributed by atoms with Crippen LogP contribution in [-0.4, -0.2) is 17.7 Å². The average Bonchev–Trinajstić information content (AvgIpc) is 2.21. The van der Waals surface area contributed by atoms with Gasteiger partial charge in [0.2, 0.25) is 0 Å². The summed E-state index contributed by atoms with van der Waals surface area (Å²) in [5.41, 5.74) is 0.190. The van der Waals surface area contributed by atoms with Gasteiger partial charge in [0.1, 0.15) is 5.82 Å². The number of aliphatic hydroxyl groups excluding tert-OH is 1. The number of aliphatic hydroxyl groups is 1. The molecule has 0 saturated carbocycles. The van der Waals surface area contributed by atoms with Crippen LogP contribution < -0.4 is 0 Å². The molecule has 0 heterocycles. The Balaban J connectivity index is 2.76. The Kier molecular flexibility index (Phi) is 4.71. The molecule has 1 aromatic rings. The van der Waals surface area contributed by atoms with E-state index in [1.165, 1.54) is 12.1 Å². The summed E-state index contributed by atoms with van der Waals surface area (Å²) in [7, 11) is 0. The lowest BCUT2D eigenvalue weighted by Gasteiger charge is -2.11. The molecule has 0 amide bonds. The van der Waals surface area contributed by atoms with E-state index < -0.39 is 17.9 Å². The number of benzene rings is 1. The van der Waals surface area contributed by atoms with Gasteiger partial charge in [0, 0.05) is 10.6 Å². The summed E-state index contributed by atoms with van der Waals surface area (Å²) in [6.07, 6.45) is -1.39. The number of rotatable bonds is 4. The monoisotopic (exact) mass is 246 g/mol. The highest BCUT2D eigenvalue weighted by molar-refractivity contribution is 6.31. The lowest BCUT2D eigenvalue weighted by atomic mass is 10.1. The third-order valence-electron chi connectivity index (χ3n) is 1.98. The van der Waals surface area contributed by atoms with Crippen LogP contribution in [0, 0.1) is 5.82 Å². The van der Waals surface area contributed by atoms with Gasteiger partial charge in [-0.3, -0.25) is 4.79 Å². The van der Waals surface area contributed by atoms with Crippen molar-refractivity contribution in [1.29, 1.82) is 0 Å². The van der Waals surface area contributed by atoms with Crippen molar-refractivity contribution in [3.63, 3.8) is 0 Å². The summed E-state index contributed by atoms with van der Waals surface area (Å²) < 4.78 is 17.6. The lowest BCUT2D eigenvalue weighted by Crippen LogP contribution is -2.10. The molecular formula is C11H12ClFO3. The van der Waals surface area contributed by atoms with E-state index in [9.17, 15) is 14.3 Å². The highest BCUT2D eigenvalue weighted by Crippen LogP contribution is 2.26. The summed E-state index contributed by atoms with van der Waals surface area (Å²) >= 11 is 5.77. The van der Waals surface area contributed by atoms with Crippen LogP contribution in [0.15, 0.2) is 18.2 Å². The Morgan fingerprint density at radius 3 is 2.94 bits per heavy atom. The van der Waals surface area contributed by atoms with Gasteiger partial charge in [0.05, 0.1) is 19.1 Å². The van der Waals surface area contributed by atoms with Gasteiger partial charge in [-0.2, -0.15) is 0 Å². The maximum absolute atomic E-state index is 12.9. The molecule has 1 atom stereocenters. The Labute approximate surface area is 97.8 Å². The molecular weight excluding hydrogens is 235 g/mol. The Morgan fingerprint density at radius 2 is 2.31 bits per heavy atom. The standard InChI is InChI=1S/C11H12ClFO3/c1-2-16-11(15)6-10(14)8-5-7(13)3-4-9(8)12/h3-5,10,14H,2,6H2,1H3. The molecule has 1 N–H and O–H groups in total.